The third-order valence-corrected chi connectivity index (χ3v) is 4.64. The van der Waals surface area contributed by atoms with E-state index in [2.05, 4.69) is 10.6 Å². The molecule has 1 aliphatic heterocycles. The van der Waals surface area contributed by atoms with E-state index in [4.69, 9.17) is 11.6 Å². The molecule has 1 fully saturated rings. The summed E-state index contributed by atoms with van der Waals surface area (Å²) >= 11 is 5.84. The number of carbonyl (C=O) groups is 2. The average Bonchev–Trinajstić information content (AvgIpc) is 3.18. The summed E-state index contributed by atoms with van der Waals surface area (Å²) in [6.07, 6.45) is 2.60. The van der Waals surface area contributed by atoms with E-state index < -0.39 is 0 Å². The Hall–Kier alpha value is -2.53. The maximum absolute atomic E-state index is 12.2. The lowest BCUT2D eigenvalue weighted by Gasteiger charge is -2.15. The fourth-order valence-corrected chi connectivity index (χ4v) is 3.04. The number of amides is 3. The molecule has 0 aliphatic carbocycles. The largest absolute Gasteiger partial charge is 0.342 e. The van der Waals surface area contributed by atoms with Crippen molar-refractivity contribution in [3.8, 4) is 0 Å². The van der Waals surface area contributed by atoms with E-state index in [1.807, 2.05) is 41.3 Å². The summed E-state index contributed by atoms with van der Waals surface area (Å²) in [5.74, 6) is 0.170. The number of nitrogens with zero attached hydrogens (tertiary/aromatic N) is 1. The van der Waals surface area contributed by atoms with Gasteiger partial charge in [0, 0.05) is 30.3 Å². The van der Waals surface area contributed by atoms with Crippen molar-refractivity contribution in [2.45, 2.75) is 25.8 Å². The number of anilines is 1. The van der Waals surface area contributed by atoms with Crippen LogP contribution in [-0.2, 0) is 17.8 Å². The van der Waals surface area contributed by atoms with Crippen LogP contribution in [0.25, 0.3) is 0 Å². The van der Waals surface area contributed by atoms with E-state index in [1.165, 1.54) is 0 Å². The van der Waals surface area contributed by atoms with E-state index in [-0.39, 0.29) is 11.9 Å². The maximum atomic E-state index is 12.2. The molecule has 2 aromatic carbocycles. The van der Waals surface area contributed by atoms with Crippen molar-refractivity contribution in [3.05, 3.63) is 64.7 Å². The van der Waals surface area contributed by atoms with Crippen LogP contribution in [0.5, 0.6) is 0 Å². The third-order valence-electron chi connectivity index (χ3n) is 4.39. The van der Waals surface area contributed by atoms with E-state index >= 15 is 0 Å². The number of benzene rings is 2. The van der Waals surface area contributed by atoms with Crippen molar-refractivity contribution in [2.75, 3.05) is 18.4 Å². The van der Waals surface area contributed by atoms with Crippen LogP contribution in [0.1, 0.15) is 24.0 Å². The molecule has 2 N–H and O–H groups in total. The van der Waals surface area contributed by atoms with Crippen LogP contribution in [0.4, 0.5) is 10.5 Å². The first-order valence-corrected chi connectivity index (χ1v) is 9.14. The predicted octanol–water partition coefficient (Wildman–Crippen LogP) is 3.83. The van der Waals surface area contributed by atoms with Gasteiger partial charge in [0.1, 0.15) is 0 Å². The van der Waals surface area contributed by atoms with E-state index in [0.717, 1.165) is 37.1 Å². The van der Waals surface area contributed by atoms with Crippen molar-refractivity contribution in [1.82, 2.24) is 10.2 Å². The Labute approximate surface area is 158 Å². The number of halogens is 1. The molecule has 1 heterocycles. The highest BCUT2D eigenvalue weighted by Crippen LogP contribution is 2.14. The normalized spacial score (nSPS) is 13.5. The molecule has 2 aromatic rings. The molecule has 0 saturated carbocycles. The molecule has 26 heavy (non-hydrogen) atoms. The van der Waals surface area contributed by atoms with Gasteiger partial charge in [-0.2, -0.15) is 0 Å². The summed E-state index contributed by atoms with van der Waals surface area (Å²) in [5, 5.41) is 6.25. The van der Waals surface area contributed by atoms with Crippen LogP contribution in [0, 0.1) is 0 Å². The number of rotatable bonds is 5. The Morgan fingerprint density at radius 2 is 1.54 bits per heavy atom. The molecule has 3 amide bonds. The van der Waals surface area contributed by atoms with Gasteiger partial charge < -0.3 is 15.5 Å². The summed E-state index contributed by atoms with van der Waals surface area (Å²) in [4.78, 5) is 26.0. The Kier molecular flexibility index (Phi) is 6.12. The lowest BCUT2D eigenvalue weighted by atomic mass is 10.1. The van der Waals surface area contributed by atoms with Gasteiger partial charge in [0.2, 0.25) is 5.91 Å². The Balaban J connectivity index is 1.46. The molecule has 3 rings (SSSR count). The van der Waals surface area contributed by atoms with Crippen LogP contribution in [0.2, 0.25) is 5.02 Å². The van der Waals surface area contributed by atoms with Gasteiger partial charge >= 0.3 is 6.03 Å². The van der Waals surface area contributed by atoms with Gasteiger partial charge in [-0.25, -0.2) is 4.79 Å². The Bertz CT molecular complexity index is 754. The van der Waals surface area contributed by atoms with Crippen molar-refractivity contribution < 1.29 is 9.59 Å². The van der Waals surface area contributed by atoms with Crippen LogP contribution in [-0.4, -0.2) is 29.9 Å². The molecular formula is C20H22ClN3O2. The zero-order valence-corrected chi connectivity index (χ0v) is 15.3. The average molecular weight is 372 g/mol. The second kappa shape index (κ2) is 8.72. The first-order chi connectivity index (χ1) is 12.6. The molecule has 1 saturated heterocycles. The van der Waals surface area contributed by atoms with Gasteiger partial charge in [-0.15, -0.1) is 0 Å². The van der Waals surface area contributed by atoms with Crippen molar-refractivity contribution >= 4 is 29.2 Å². The summed E-state index contributed by atoms with van der Waals surface area (Å²) in [7, 11) is 0. The number of hydrogen-bond acceptors (Lipinski definition) is 2. The standard InChI is InChI=1S/C20H22ClN3O2/c21-17-7-3-16(4-8-17)14-22-20(26)23-18-9-5-15(6-10-18)13-19(25)24-11-1-2-12-24/h3-10H,1-2,11-14H2,(H2,22,23,26). The summed E-state index contributed by atoms with van der Waals surface area (Å²) < 4.78 is 0. The highest BCUT2D eigenvalue weighted by Gasteiger charge is 2.17. The van der Waals surface area contributed by atoms with Crippen LogP contribution in [0.15, 0.2) is 48.5 Å². The number of hydrogen-bond donors (Lipinski definition) is 2. The fourth-order valence-electron chi connectivity index (χ4n) is 2.92. The molecule has 1 aliphatic rings. The maximum Gasteiger partial charge on any atom is 0.319 e. The second-order valence-electron chi connectivity index (χ2n) is 6.40. The zero-order chi connectivity index (χ0) is 18.4. The predicted molar refractivity (Wildman–Crippen MR) is 103 cm³/mol. The number of urea groups is 1. The van der Waals surface area contributed by atoms with Crippen molar-refractivity contribution in [1.29, 1.82) is 0 Å². The van der Waals surface area contributed by atoms with E-state index in [0.29, 0.717) is 23.7 Å². The third kappa shape index (κ3) is 5.23. The van der Waals surface area contributed by atoms with E-state index in [1.54, 1.807) is 12.1 Å². The van der Waals surface area contributed by atoms with Gasteiger partial charge in [-0.1, -0.05) is 35.9 Å². The van der Waals surface area contributed by atoms with Gasteiger partial charge in [0.25, 0.3) is 0 Å². The first kappa shape index (κ1) is 18.3. The lowest BCUT2D eigenvalue weighted by Crippen LogP contribution is -2.29. The summed E-state index contributed by atoms with van der Waals surface area (Å²) in [6.45, 7) is 2.16. The molecule has 0 atom stereocenters. The van der Waals surface area contributed by atoms with Gasteiger partial charge in [-0.3, -0.25) is 4.79 Å². The number of carbonyl (C=O) groups excluding carboxylic acids is 2. The molecule has 0 unspecified atom stereocenters. The lowest BCUT2D eigenvalue weighted by molar-refractivity contribution is -0.129. The number of nitrogens with one attached hydrogen (secondary N) is 2. The van der Waals surface area contributed by atoms with Gasteiger partial charge in [0.15, 0.2) is 0 Å². The highest BCUT2D eigenvalue weighted by molar-refractivity contribution is 6.30. The molecule has 5 nitrogen and oxygen atoms in total. The zero-order valence-electron chi connectivity index (χ0n) is 14.5. The monoisotopic (exact) mass is 371 g/mol. The summed E-state index contributed by atoms with van der Waals surface area (Å²) in [6, 6.07) is 14.4. The molecule has 0 radical (unpaired) electrons. The molecule has 6 heteroatoms. The minimum absolute atomic E-state index is 0.170. The molecule has 0 spiro atoms. The van der Waals surface area contributed by atoms with Crippen molar-refractivity contribution in [3.63, 3.8) is 0 Å². The molecule has 0 bridgehead atoms. The van der Waals surface area contributed by atoms with Crippen LogP contribution >= 0.6 is 11.6 Å². The first-order valence-electron chi connectivity index (χ1n) is 8.76. The molecule has 136 valence electrons. The topological polar surface area (TPSA) is 61.4 Å². The second-order valence-corrected chi connectivity index (χ2v) is 6.83. The van der Waals surface area contributed by atoms with Gasteiger partial charge in [0.05, 0.1) is 6.42 Å². The number of likely N-dealkylation sites (tertiary alicyclic amines) is 1. The quantitative estimate of drug-likeness (QED) is 0.839. The van der Waals surface area contributed by atoms with Crippen molar-refractivity contribution in [2.24, 2.45) is 0 Å². The van der Waals surface area contributed by atoms with Crippen LogP contribution < -0.4 is 10.6 Å². The fraction of sp³-hybridized carbons (Fsp3) is 0.300. The minimum Gasteiger partial charge on any atom is -0.342 e. The molecule has 0 aromatic heterocycles. The van der Waals surface area contributed by atoms with E-state index in [9.17, 15) is 9.59 Å². The SMILES string of the molecule is O=C(NCc1ccc(Cl)cc1)Nc1ccc(CC(=O)N2CCCC2)cc1. The minimum atomic E-state index is -0.277. The Morgan fingerprint density at radius 3 is 2.19 bits per heavy atom. The Morgan fingerprint density at radius 1 is 0.923 bits per heavy atom. The molecular weight excluding hydrogens is 350 g/mol. The van der Waals surface area contributed by atoms with Crippen LogP contribution in [0.3, 0.4) is 0 Å². The smallest absolute Gasteiger partial charge is 0.319 e. The highest BCUT2D eigenvalue weighted by atomic mass is 35.5. The summed E-state index contributed by atoms with van der Waals surface area (Å²) in [5.41, 5.74) is 2.62. The van der Waals surface area contributed by atoms with Gasteiger partial charge in [-0.05, 0) is 48.2 Å².